The van der Waals surface area contributed by atoms with Crippen molar-refractivity contribution in [2.24, 2.45) is 0 Å². The summed E-state index contributed by atoms with van der Waals surface area (Å²) < 4.78 is 35.7. The van der Waals surface area contributed by atoms with Crippen LogP contribution >= 0.6 is 0 Å². The molecule has 1 N–H and O–H groups in total. The predicted octanol–water partition coefficient (Wildman–Crippen LogP) is 2.12. The summed E-state index contributed by atoms with van der Waals surface area (Å²) in [6, 6.07) is 5.32. The van der Waals surface area contributed by atoms with E-state index in [0.29, 0.717) is 5.56 Å². The number of non-ortho nitro benzene ring substituents is 1. The summed E-state index contributed by atoms with van der Waals surface area (Å²) in [4.78, 5) is 32.4. The van der Waals surface area contributed by atoms with Crippen molar-refractivity contribution in [1.29, 1.82) is 0 Å². The molecule has 21 heavy (non-hydrogen) atoms. The molecule has 0 heterocycles. The van der Waals surface area contributed by atoms with E-state index in [1.165, 1.54) is 24.3 Å². The maximum Gasteiger partial charge on any atom is 0.389 e. The van der Waals surface area contributed by atoms with Crippen LogP contribution in [0.4, 0.5) is 18.9 Å². The Balaban J connectivity index is 2.51. The van der Waals surface area contributed by atoms with Crippen molar-refractivity contribution in [3.05, 3.63) is 39.9 Å². The van der Waals surface area contributed by atoms with Gasteiger partial charge in [-0.15, -0.1) is 0 Å². The molecule has 114 valence electrons. The standard InChI is InChI=1S/C12H11F3N2O4/c13-12(14,15)5-4-10(18)11(19)16-7-8-2-1-3-9(6-8)17(20)21/h1-3,6H,4-5,7H2,(H,16,19). The summed E-state index contributed by atoms with van der Waals surface area (Å²) in [6.07, 6.45) is -6.80. The normalized spacial score (nSPS) is 11.0. The van der Waals surface area contributed by atoms with Gasteiger partial charge in [0, 0.05) is 25.1 Å². The maximum absolute atomic E-state index is 11.9. The third kappa shape index (κ3) is 6.02. The molecule has 9 heteroatoms. The van der Waals surface area contributed by atoms with E-state index in [9.17, 15) is 32.9 Å². The van der Waals surface area contributed by atoms with E-state index < -0.39 is 35.6 Å². The Morgan fingerprint density at radius 3 is 2.52 bits per heavy atom. The molecule has 0 saturated carbocycles. The molecule has 0 bridgehead atoms. The molecular formula is C12H11F3N2O4. The highest BCUT2D eigenvalue weighted by Crippen LogP contribution is 2.21. The van der Waals surface area contributed by atoms with E-state index in [4.69, 9.17) is 0 Å². The van der Waals surface area contributed by atoms with Crippen LogP contribution in [0.5, 0.6) is 0 Å². The summed E-state index contributed by atoms with van der Waals surface area (Å²) in [6.45, 7) is -0.182. The molecule has 6 nitrogen and oxygen atoms in total. The number of hydrogen-bond acceptors (Lipinski definition) is 4. The first-order chi connectivity index (χ1) is 9.69. The van der Waals surface area contributed by atoms with Crippen molar-refractivity contribution in [2.45, 2.75) is 25.6 Å². The Morgan fingerprint density at radius 2 is 1.95 bits per heavy atom. The Morgan fingerprint density at radius 1 is 1.29 bits per heavy atom. The van der Waals surface area contributed by atoms with Crippen molar-refractivity contribution < 1.29 is 27.7 Å². The summed E-state index contributed by atoms with van der Waals surface area (Å²) >= 11 is 0. The molecule has 1 aromatic rings. The second-order valence-electron chi connectivity index (χ2n) is 4.15. The molecule has 0 unspecified atom stereocenters. The molecule has 0 spiro atoms. The molecule has 0 fully saturated rings. The molecule has 1 amide bonds. The first kappa shape index (κ1) is 16.6. The fourth-order valence-electron chi connectivity index (χ4n) is 1.43. The van der Waals surface area contributed by atoms with Crippen LogP contribution in [0, 0.1) is 10.1 Å². The van der Waals surface area contributed by atoms with E-state index >= 15 is 0 Å². The number of Topliss-reactive ketones (excluding diaryl/α,β-unsaturated/α-hetero) is 1. The first-order valence-electron chi connectivity index (χ1n) is 5.80. The van der Waals surface area contributed by atoms with Gasteiger partial charge in [0.25, 0.3) is 11.6 Å². The summed E-state index contributed by atoms with van der Waals surface area (Å²) in [7, 11) is 0. The highest BCUT2D eigenvalue weighted by molar-refractivity contribution is 6.36. The largest absolute Gasteiger partial charge is 0.389 e. The number of alkyl halides is 3. The lowest BCUT2D eigenvalue weighted by Gasteiger charge is -2.06. The quantitative estimate of drug-likeness (QED) is 0.495. The van der Waals surface area contributed by atoms with E-state index in [1.54, 1.807) is 0 Å². The van der Waals surface area contributed by atoms with Crippen LogP contribution in [0.25, 0.3) is 0 Å². The summed E-state index contributed by atoms with van der Waals surface area (Å²) in [5.41, 5.74) is 0.173. The first-order valence-corrected chi connectivity index (χ1v) is 5.80. The monoisotopic (exact) mass is 304 g/mol. The zero-order valence-electron chi connectivity index (χ0n) is 10.6. The number of nitrogens with one attached hydrogen (secondary N) is 1. The van der Waals surface area contributed by atoms with Gasteiger partial charge in [0.2, 0.25) is 5.78 Å². The molecule has 0 saturated heterocycles. The van der Waals surface area contributed by atoms with E-state index in [-0.39, 0.29) is 12.2 Å². The van der Waals surface area contributed by atoms with Gasteiger partial charge in [0.05, 0.1) is 11.3 Å². The number of halogens is 3. The van der Waals surface area contributed by atoms with Crippen LogP contribution in [0.3, 0.4) is 0 Å². The molecular weight excluding hydrogens is 293 g/mol. The van der Waals surface area contributed by atoms with Gasteiger partial charge >= 0.3 is 6.18 Å². The van der Waals surface area contributed by atoms with Gasteiger partial charge in [-0.05, 0) is 5.56 Å². The van der Waals surface area contributed by atoms with Gasteiger partial charge in [-0.1, -0.05) is 12.1 Å². The number of amides is 1. The van der Waals surface area contributed by atoms with Crippen LogP contribution < -0.4 is 5.32 Å². The Bertz CT molecular complexity index is 558. The Labute approximate surface area is 117 Å². The number of hydrogen-bond donors (Lipinski definition) is 1. The number of carbonyl (C=O) groups is 2. The zero-order valence-corrected chi connectivity index (χ0v) is 10.6. The van der Waals surface area contributed by atoms with Crippen molar-refractivity contribution in [3.8, 4) is 0 Å². The highest BCUT2D eigenvalue weighted by atomic mass is 19.4. The van der Waals surface area contributed by atoms with Crippen molar-refractivity contribution in [1.82, 2.24) is 5.32 Å². The minimum absolute atomic E-state index is 0.182. The molecule has 0 aliphatic rings. The minimum Gasteiger partial charge on any atom is -0.345 e. The number of nitrogens with zero attached hydrogens (tertiary/aromatic N) is 1. The zero-order chi connectivity index (χ0) is 16.0. The van der Waals surface area contributed by atoms with E-state index in [1.807, 2.05) is 0 Å². The average Bonchev–Trinajstić information content (AvgIpc) is 2.41. The van der Waals surface area contributed by atoms with E-state index in [2.05, 4.69) is 5.32 Å². The van der Waals surface area contributed by atoms with Crippen LogP contribution in [-0.2, 0) is 16.1 Å². The fraction of sp³-hybridized carbons (Fsp3) is 0.333. The molecule has 0 aliphatic heterocycles. The Kier molecular flexibility index (Phi) is 5.39. The number of ketones is 1. The highest BCUT2D eigenvalue weighted by Gasteiger charge is 2.29. The predicted molar refractivity (Wildman–Crippen MR) is 65.2 cm³/mol. The molecule has 1 aromatic carbocycles. The Hall–Kier alpha value is -2.45. The number of nitro benzene ring substituents is 1. The molecule has 0 atom stereocenters. The third-order valence-electron chi connectivity index (χ3n) is 2.46. The fourth-order valence-corrected chi connectivity index (χ4v) is 1.43. The topological polar surface area (TPSA) is 89.3 Å². The lowest BCUT2D eigenvalue weighted by atomic mass is 10.2. The smallest absolute Gasteiger partial charge is 0.345 e. The molecule has 1 rings (SSSR count). The van der Waals surface area contributed by atoms with Crippen molar-refractivity contribution >= 4 is 17.4 Å². The average molecular weight is 304 g/mol. The SMILES string of the molecule is O=C(CCC(F)(F)F)C(=O)NCc1cccc([N+](=O)[O-])c1. The van der Waals surface area contributed by atoms with Crippen molar-refractivity contribution in [3.63, 3.8) is 0 Å². The minimum atomic E-state index is -4.50. The van der Waals surface area contributed by atoms with Gasteiger partial charge in [-0.25, -0.2) is 0 Å². The lowest BCUT2D eigenvalue weighted by Crippen LogP contribution is -2.31. The van der Waals surface area contributed by atoms with Gasteiger partial charge in [0.1, 0.15) is 0 Å². The molecule has 0 aromatic heterocycles. The second-order valence-corrected chi connectivity index (χ2v) is 4.15. The number of rotatable bonds is 6. The van der Waals surface area contributed by atoms with Gasteiger partial charge < -0.3 is 5.32 Å². The number of benzene rings is 1. The van der Waals surface area contributed by atoms with Crippen LogP contribution in [0.1, 0.15) is 18.4 Å². The maximum atomic E-state index is 11.9. The van der Waals surface area contributed by atoms with Crippen LogP contribution in [0.15, 0.2) is 24.3 Å². The summed E-state index contributed by atoms with van der Waals surface area (Å²) in [5, 5.41) is 12.7. The third-order valence-corrected chi connectivity index (χ3v) is 2.46. The molecule has 0 radical (unpaired) electrons. The van der Waals surface area contributed by atoms with E-state index in [0.717, 1.165) is 0 Å². The number of carbonyl (C=O) groups excluding carboxylic acids is 2. The molecule has 0 aliphatic carbocycles. The van der Waals surface area contributed by atoms with Crippen LogP contribution in [0.2, 0.25) is 0 Å². The second kappa shape index (κ2) is 6.82. The van der Waals surface area contributed by atoms with Gasteiger partial charge in [-0.2, -0.15) is 13.2 Å². The van der Waals surface area contributed by atoms with Crippen LogP contribution in [-0.4, -0.2) is 22.8 Å². The van der Waals surface area contributed by atoms with Crippen molar-refractivity contribution in [2.75, 3.05) is 0 Å². The van der Waals surface area contributed by atoms with Gasteiger partial charge in [-0.3, -0.25) is 19.7 Å². The lowest BCUT2D eigenvalue weighted by molar-refractivity contribution is -0.384. The van der Waals surface area contributed by atoms with Gasteiger partial charge in [0.15, 0.2) is 0 Å². The number of nitro groups is 1. The summed E-state index contributed by atoms with van der Waals surface area (Å²) in [5.74, 6) is -2.33.